The highest BCUT2D eigenvalue weighted by Gasteiger charge is 2.43. The first-order chi connectivity index (χ1) is 18.1. The van der Waals surface area contributed by atoms with Gasteiger partial charge in [0.25, 0.3) is 5.91 Å². The van der Waals surface area contributed by atoms with E-state index in [4.69, 9.17) is 0 Å². The maximum absolute atomic E-state index is 14.8. The van der Waals surface area contributed by atoms with Crippen LogP contribution in [0.2, 0.25) is 0 Å². The highest BCUT2D eigenvalue weighted by molar-refractivity contribution is 7.90. The quantitative estimate of drug-likeness (QED) is 0.484. The molecular formula is C26H27F5N2O5S. The third-order valence-electron chi connectivity index (χ3n) is 7.23. The predicted molar refractivity (Wildman–Crippen MR) is 129 cm³/mol. The van der Waals surface area contributed by atoms with Gasteiger partial charge < -0.3 is 15.3 Å². The second-order valence-electron chi connectivity index (χ2n) is 10.1. The Kier molecular flexibility index (Phi) is 7.78. The monoisotopic (exact) mass is 574 g/mol. The first-order valence-corrected chi connectivity index (χ1v) is 14.2. The SMILES string of the molecule is C[C@@H]1CC[C@H](C(=O)N[C@@H](c2cc(F)c(C(F)(F)F)cc2F)C2CC2)N1C(=O)c1cc(S(C)(=O)=O)ccc1CO. The maximum atomic E-state index is 14.8. The summed E-state index contributed by atoms with van der Waals surface area (Å²) in [5, 5.41) is 12.4. The van der Waals surface area contributed by atoms with Crippen LogP contribution in [-0.4, -0.2) is 48.6 Å². The van der Waals surface area contributed by atoms with Gasteiger partial charge in [0.15, 0.2) is 9.84 Å². The molecule has 4 rings (SSSR count). The average molecular weight is 575 g/mol. The standard InChI is InChI=1S/C26H27F5N2O5S/c1-13-3-8-22(33(13)25(36)17-9-16(39(2,37)38)7-6-15(17)12-34)24(35)32-23(14-4-5-14)18-10-21(28)19(11-20(18)27)26(29,30)31/h6-7,9-11,13-14,22-23,34H,3-5,8,12H2,1-2H3,(H,32,35)/t13-,22-,23-/m1/s1. The topological polar surface area (TPSA) is 104 Å². The van der Waals surface area contributed by atoms with Crippen LogP contribution in [-0.2, 0) is 27.4 Å². The number of rotatable bonds is 7. The molecule has 0 spiro atoms. The number of aliphatic hydroxyl groups excluding tert-OH is 1. The number of aliphatic hydroxyl groups is 1. The molecule has 0 aromatic heterocycles. The van der Waals surface area contributed by atoms with Gasteiger partial charge in [0.2, 0.25) is 5.91 Å². The zero-order chi connectivity index (χ0) is 28.9. The summed E-state index contributed by atoms with van der Waals surface area (Å²) in [6.07, 6.45) is -2.44. The lowest BCUT2D eigenvalue weighted by atomic mass is 9.98. The summed E-state index contributed by atoms with van der Waals surface area (Å²) >= 11 is 0. The number of halogens is 5. The summed E-state index contributed by atoms with van der Waals surface area (Å²) in [6.45, 7) is 1.13. The average Bonchev–Trinajstić information content (AvgIpc) is 3.62. The first kappa shape index (κ1) is 28.9. The highest BCUT2D eigenvalue weighted by atomic mass is 32.2. The number of nitrogens with one attached hydrogen (secondary N) is 1. The lowest BCUT2D eigenvalue weighted by Gasteiger charge is -2.30. The van der Waals surface area contributed by atoms with Gasteiger partial charge in [-0.2, -0.15) is 13.2 Å². The molecule has 2 amide bonds. The molecule has 2 aromatic rings. The van der Waals surface area contributed by atoms with E-state index in [-0.39, 0.29) is 34.4 Å². The summed E-state index contributed by atoms with van der Waals surface area (Å²) in [4.78, 5) is 28.1. The van der Waals surface area contributed by atoms with E-state index in [9.17, 15) is 45.1 Å². The minimum atomic E-state index is -5.09. The molecule has 1 saturated carbocycles. The van der Waals surface area contributed by atoms with Crippen molar-refractivity contribution < 1.29 is 45.1 Å². The van der Waals surface area contributed by atoms with Crippen LogP contribution >= 0.6 is 0 Å². The van der Waals surface area contributed by atoms with Crippen molar-refractivity contribution >= 4 is 21.7 Å². The molecule has 0 unspecified atom stereocenters. The lowest BCUT2D eigenvalue weighted by Crippen LogP contribution is -2.49. The van der Waals surface area contributed by atoms with Gasteiger partial charge in [-0.3, -0.25) is 9.59 Å². The van der Waals surface area contributed by atoms with Crippen LogP contribution in [0.4, 0.5) is 22.0 Å². The molecular weight excluding hydrogens is 547 g/mol. The van der Waals surface area contributed by atoms with Gasteiger partial charge in [0, 0.05) is 23.4 Å². The summed E-state index contributed by atoms with van der Waals surface area (Å²) in [6, 6.07) is 1.60. The minimum Gasteiger partial charge on any atom is -0.392 e. The van der Waals surface area contributed by atoms with Crippen molar-refractivity contribution in [1.82, 2.24) is 10.2 Å². The maximum Gasteiger partial charge on any atom is 0.419 e. The number of carbonyl (C=O) groups excluding carboxylic acids is 2. The number of benzene rings is 2. The number of hydrogen-bond donors (Lipinski definition) is 2. The molecule has 212 valence electrons. The summed E-state index contributed by atoms with van der Waals surface area (Å²) < 4.78 is 92.2. The number of likely N-dealkylation sites (tertiary alicyclic amines) is 1. The first-order valence-electron chi connectivity index (χ1n) is 12.3. The number of nitrogens with zero attached hydrogens (tertiary/aromatic N) is 1. The highest BCUT2D eigenvalue weighted by Crippen LogP contribution is 2.43. The molecule has 3 atom stereocenters. The van der Waals surface area contributed by atoms with E-state index in [1.165, 1.54) is 17.0 Å². The molecule has 1 heterocycles. The Bertz CT molecular complexity index is 1410. The van der Waals surface area contributed by atoms with E-state index in [0.29, 0.717) is 25.3 Å². The van der Waals surface area contributed by atoms with Crippen molar-refractivity contribution in [3.05, 3.63) is 64.2 Å². The largest absolute Gasteiger partial charge is 0.419 e. The van der Waals surface area contributed by atoms with E-state index < -0.39 is 75.3 Å². The van der Waals surface area contributed by atoms with Crippen LogP contribution < -0.4 is 5.32 Å². The molecule has 1 saturated heterocycles. The number of amides is 2. The zero-order valence-electron chi connectivity index (χ0n) is 21.1. The molecule has 39 heavy (non-hydrogen) atoms. The zero-order valence-corrected chi connectivity index (χ0v) is 21.9. The predicted octanol–water partition coefficient (Wildman–Crippen LogP) is 4.14. The molecule has 1 aliphatic heterocycles. The normalized spacial score (nSPS) is 20.7. The van der Waals surface area contributed by atoms with Crippen LogP contribution in [0.25, 0.3) is 0 Å². The fourth-order valence-corrected chi connectivity index (χ4v) is 5.64. The van der Waals surface area contributed by atoms with Gasteiger partial charge in [0.05, 0.1) is 23.1 Å². The van der Waals surface area contributed by atoms with E-state index >= 15 is 0 Å². The second kappa shape index (κ2) is 10.5. The van der Waals surface area contributed by atoms with Crippen molar-refractivity contribution in [3.8, 4) is 0 Å². The van der Waals surface area contributed by atoms with Gasteiger partial charge in [0.1, 0.15) is 17.7 Å². The van der Waals surface area contributed by atoms with Crippen molar-refractivity contribution in [1.29, 1.82) is 0 Å². The van der Waals surface area contributed by atoms with Crippen LogP contribution in [0.15, 0.2) is 35.2 Å². The summed E-state index contributed by atoms with van der Waals surface area (Å²) in [5.41, 5.74) is -2.10. The number of sulfone groups is 1. The molecule has 2 aromatic carbocycles. The fourth-order valence-electron chi connectivity index (χ4n) is 4.99. The Balaban J connectivity index is 1.64. The molecule has 7 nitrogen and oxygen atoms in total. The van der Waals surface area contributed by atoms with Gasteiger partial charge in [-0.05, 0) is 68.4 Å². The third-order valence-corrected chi connectivity index (χ3v) is 8.34. The molecule has 0 radical (unpaired) electrons. The molecule has 2 aliphatic rings. The Morgan fingerprint density at radius 3 is 2.31 bits per heavy atom. The van der Waals surface area contributed by atoms with Gasteiger partial charge in [-0.25, -0.2) is 17.2 Å². The molecule has 0 bridgehead atoms. The van der Waals surface area contributed by atoms with Gasteiger partial charge in [-0.15, -0.1) is 0 Å². The molecule has 13 heteroatoms. The molecule has 1 aliphatic carbocycles. The molecule has 2 N–H and O–H groups in total. The van der Waals surface area contributed by atoms with Gasteiger partial charge >= 0.3 is 6.18 Å². The lowest BCUT2D eigenvalue weighted by molar-refractivity contribution is -0.140. The summed E-state index contributed by atoms with van der Waals surface area (Å²) in [5.74, 6) is -4.68. The van der Waals surface area contributed by atoms with Gasteiger partial charge in [-0.1, -0.05) is 6.07 Å². The van der Waals surface area contributed by atoms with E-state index in [2.05, 4.69) is 5.32 Å². The third kappa shape index (κ3) is 5.93. The van der Waals surface area contributed by atoms with Crippen molar-refractivity contribution in [3.63, 3.8) is 0 Å². The van der Waals surface area contributed by atoms with Crippen molar-refractivity contribution in [2.24, 2.45) is 5.92 Å². The van der Waals surface area contributed by atoms with E-state index in [0.717, 1.165) is 12.3 Å². The van der Waals surface area contributed by atoms with Crippen LogP contribution in [0.5, 0.6) is 0 Å². The van der Waals surface area contributed by atoms with Crippen LogP contribution in [0.3, 0.4) is 0 Å². The Labute approximate surface area is 221 Å². The number of alkyl halides is 3. The second-order valence-corrected chi connectivity index (χ2v) is 12.1. The summed E-state index contributed by atoms with van der Waals surface area (Å²) in [7, 11) is -3.69. The van der Waals surface area contributed by atoms with E-state index in [1.807, 2.05) is 0 Å². The minimum absolute atomic E-state index is 0.0743. The van der Waals surface area contributed by atoms with Crippen molar-refractivity contribution in [2.45, 2.75) is 68.4 Å². The number of hydrogen-bond acceptors (Lipinski definition) is 5. The molecule has 2 fully saturated rings. The van der Waals surface area contributed by atoms with E-state index in [1.54, 1.807) is 6.92 Å². The Morgan fingerprint density at radius 2 is 1.74 bits per heavy atom. The fraction of sp³-hybridized carbons (Fsp3) is 0.462. The smallest absolute Gasteiger partial charge is 0.392 e. The Morgan fingerprint density at radius 1 is 1.08 bits per heavy atom. The van der Waals surface area contributed by atoms with Crippen LogP contribution in [0, 0.1) is 17.6 Å². The Hall–Kier alpha value is -3.06. The van der Waals surface area contributed by atoms with Crippen LogP contribution in [0.1, 0.15) is 65.7 Å². The number of carbonyl (C=O) groups is 2. The van der Waals surface area contributed by atoms with Crippen molar-refractivity contribution in [2.75, 3.05) is 6.26 Å².